The van der Waals surface area contributed by atoms with E-state index in [1.54, 1.807) is 6.20 Å². The van der Waals surface area contributed by atoms with E-state index < -0.39 is 17.8 Å². The number of carbonyl (C=O) groups is 1. The summed E-state index contributed by atoms with van der Waals surface area (Å²) < 4.78 is 50.8. The second-order valence-corrected chi connectivity index (χ2v) is 8.60. The number of hydrogen-bond acceptors (Lipinski definition) is 4. The smallest absolute Gasteiger partial charge is 0.313 e. The summed E-state index contributed by atoms with van der Waals surface area (Å²) in [5.74, 6) is 0.389. The van der Waals surface area contributed by atoms with Crippen LogP contribution in [0.15, 0.2) is 28.9 Å². The van der Waals surface area contributed by atoms with Crippen LogP contribution >= 0.6 is 15.9 Å². The summed E-state index contributed by atoms with van der Waals surface area (Å²) in [7, 11) is 0. The molecule has 0 N–H and O–H groups in total. The standard InChI is InChI=1S/C21H17BrF3NO3/c1-2-28-20(27)21-13-3-9-5-16(26-7-12(9)17(21)18(13)21)29-8-10-4-14(22)11(19(24)25)6-15(10)23/h4-7,13,17-19H,2-3,8H2,1H3. The summed E-state index contributed by atoms with van der Waals surface area (Å²) in [6.07, 6.45) is -0.259. The van der Waals surface area contributed by atoms with Crippen molar-refractivity contribution in [1.29, 1.82) is 0 Å². The lowest BCUT2D eigenvalue weighted by molar-refractivity contribution is -0.148. The van der Waals surface area contributed by atoms with Gasteiger partial charge in [-0.25, -0.2) is 18.2 Å². The van der Waals surface area contributed by atoms with Crippen molar-refractivity contribution in [2.45, 2.75) is 32.3 Å². The van der Waals surface area contributed by atoms with E-state index in [1.165, 1.54) is 6.07 Å². The Balaban J connectivity index is 1.30. The monoisotopic (exact) mass is 467 g/mol. The summed E-state index contributed by atoms with van der Waals surface area (Å²) in [6.45, 7) is 2.07. The number of aromatic nitrogens is 1. The Bertz CT molecular complexity index is 1030. The van der Waals surface area contributed by atoms with Crippen LogP contribution in [-0.4, -0.2) is 17.6 Å². The lowest BCUT2D eigenvalue weighted by Gasteiger charge is -2.27. The summed E-state index contributed by atoms with van der Waals surface area (Å²) in [6, 6.07) is 3.95. The van der Waals surface area contributed by atoms with Crippen LogP contribution in [0.5, 0.6) is 5.88 Å². The predicted molar refractivity (Wildman–Crippen MR) is 100 cm³/mol. The molecule has 0 spiro atoms. The number of esters is 1. The maximum atomic E-state index is 14.1. The number of ether oxygens (including phenoxy) is 2. The molecule has 1 aromatic heterocycles. The Morgan fingerprint density at radius 2 is 2.17 bits per heavy atom. The van der Waals surface area contributed by atoms with Crippen molar-refractivity contribution in [2.24, 2.45) is 17.3 Å². The average molecular weight is 468 g/mol. The van der Waals surface area contributed by atoms with Crippen LogP contribution in [0.25, 0.3) is 0 Å². The zero-order chi connectivity index (χ0) is 20.5. The molecule has 8 heteroatoms. The number of carbonyl (C=O) groups excluding carboxylic acids is 1. The third-order valence-electron chi connectivity index (χ3n) is 6.43. The van der Waals surface area contributed by atoms with Crippen LogP contribution in [0.3, 0.4) is 0 Å². The number of benzene rings is 1. The fraction of sp³-hybridized carbons (Fsp3) is 0.429. The molecule has 4 nitrogen and oxygen atoms in total. The Kier molecular flexibility index (Phi) is 4.21. The number of fused-ring (bicyclic) bond motifs is 4. The first-order chi connectivity index (χ1) is 13.9. The first kappa shape index (κ1) is 18.9. The van der Waals surface area contributed by atoms with Gasteiger partial charge in [0, 0.05) is 33.8 Å². The highest BCUT2D eigenvalue weighted by atomic mass is 79.9. The van der Waals surface area contributed by atoms with E-state index in [4.69, 9.17) is 9.47 Å². The predicted octanol–water partition coefficient (Wildman–Crippen LogP) is 4.95. The van der Waals surface area contributed by atoms with Gasteiger partial charge in [0.05, 0.1) is 12.0 Å². The van der Waals surface area contributed by atoms with Gasteiger partial charge in [-0.15, -0.1) is 0 Å². The largest absolute Gasteiger partial charge is 0.473 e. The minimum absolute atomic E-state index is 0.0979. The van der Waals surface area contributed by atoms with E-state index in [0.29, 0.717) is 24.3 Å². The van der Waals surface area contributed by atoms with Crippen LogP contribution in [0.1, 0.15) is 41.5 Å². The van der Waals surface area contributed by atoms with Crippen LogP contribution in [0, 0.1) is 23.1 Å². The SMILES string of the molecule is CCOC(=O)C12C3Cc4cc(OCc5cc(Br)c(C(F)F)cc5F)ncc4C1C32. The molecular formula is C21H17BrF3NO3. The van der Waals surface area contributed by atoms with Gasteiger partial charge in [0.1, 0.15) is 12.4 Å². The summed E-state index contributed by atoms with van der Waals surface area (Å²) in [5, 5.41) is 0. The van der Waals surface area contributed by atoms with Gasteiger partial charge in [0.25, 0.3) is 6.43 Å². The number of hydrogen-bond donors (Lipinski definition) is 0. The topological polar surface area (TPSA) is 48.4 Å². The highest BCUT2D eigenvalue weighted by molar-refractivity contribution is 9.10. The number of alkyl halides is 2. The third kappa shape index (κ3) is 2.64. The maximum absolute atomic E-state index is 14.1. The molecular weight excluding hydrogens is 451 g/mol. The van der Waals surface area contributed by atoms with Crippen molar-refractivity contribution in [2.75, 3.05) is 6.61 Å². The second kappa shape index (κ2) is 6.45. The summed E-state index contributed by atoms with van der Waals surface area (Å²) >= 11 is 3.04. The first-order valence-corrected chi connectivity index (χ1v) is 10.2. The molecule has 0 aliphatic heterocycles. The van der Waals surface area contributed by atoms with Crippen molar-refractivity contribution in [3.63, 3.8) is 0 Å². The molecule has 1 aromatic carbocycles. The lowest BCUT2D eigenvalue weighted by atomic mass is 9.78. The Morgan fingerprint density at radius 1 is 1.38 bits per heavy atom. The molecule has 2 fully saturated rings. The fourth-order valence-electron chi connectivity index (χ4n) is 5.00. The number of rotatable bonds is 6. The molecule has 3 aliphatic rings. The van der Waals surface area contributed by atoms with Gasteiger partial charge in [-0.05, 0) is 48.4 Å². The number of nitrogens with zero attached hydrogens (tertiary/aromatic N) is 1. The Morgan fingerprint density at radius 3 is 2.90 bits per heavy atom. The highest BCUT2D eigenvalue weighted by Crippen LogP contribution is 2.91. The van der Waals surface area contributed by atoms with E-state index in [1.807, 2.05) is 13.0 Å². The average Bonchev–Trinajstić information content (AvgIpc) is 3.57. The zero-order valence-corrected chi connectivity index (χ0v) is 17.0. The summed E-state index contributed by atoms with van der Waals surface area (Å²) in [5.41, 5.74) is 1.60. The molecule has 4 unspecified atom stereocenters. The van der Waals surface area contributed by atoms with Crippen molar-refractivity contribution >= 4 is 21.9 Å². The van der Waals surface area contributed by atoms with Crippen LogP contribution < -0.4 is 4.74 Å². The molecule has 152 valence electrons. The molecule has 0 bridgehead atoms. The van der Waals surface area contributed by atoms with Crippen molar-refractivity contribution in [3.8, 4) is 5.88 Å². The Labute approximate surface area is 173 Å². The maximum Gasteiger partial charge on any atom is 0.313 e. The molecule has 0 radical (unpaired) electrons. The molecule has 3 aliphatic carbocycles. The van der Waals surface area contributed by atoms with Gasteiger partial charge in [-0.3, -0.25) is 4.79 Å². The van der Waals surface area contributed by atoms with Crippen LogP contribution in [-0.2, 0) is 22.6 Å². The molecule has 0 amide bonds. The Hall–Kier alpha value is -2.09. The van der Waals surface area contributed by atoms with Gasteiger partial charge in [0.15, 0.2) is 0 Å². The first-order valence-electron chi connectivity index (χ1n) is 9.44. The van der Waals surface area contributed by atoms with E-state index >= 15 is 0 Å². The van der Waals surface area contributed by atoms with E-state index in [2.05, 4.69) is 20.9 Å². The second-order valence-electron chi connectivity index (χ2n) is 7.74. The molecule has 0 saturated heterocycles. The molecule has 29 heavy (non-hydrogen) atoms. The minimum Gasteiger partial charge on any atom is -0.473 e. The van der Waals surface area contributed by atoms with Crippen LogP contribution in [0.4, 0.5) is 13.2 Å². The number of halogens is 4. The van der Waals surface area contributed by atoms with Crippen molar-refractivity contribution in [1.82, 2.24) is 4.98 Å². The molecule has 4 atom stereocenters. The number of pyridine rings is 1. The van der Waals surface area contributed by atoms with Gasteiger partial charge >= 0.3 is 5.97 Å². The van der Waals surface area contributed by atoms with E-state index in [9.17, 15) is 18.0 Å². The molecule has 5 rings (SSSR count). The summed E-state index contributed by atoms with van der Waals surface area (Å²) in [4.78, 5) is 16.6. The third-order valence-corrected chi connectivity index (χ3v) is 7.12. The van der Waals surface area contributed by atoms with E-state index in [0.717, 1.165) is 23.6 Å². The normalized spacial score (nSPS) is 27.9. The molecule has 1 heterocycles. The van der Waals surface area contributed by atoms with Crippen molar-refractivity contribution in [3.05, 3.63) is 56.9 Å². The van der Waals surface area contributed by atoms with Gasteiger partial charge in [0.2, 0.25) is 5.88 Å². The van der Waals surface area contributed by atoms with Crippen molar-refractivity contribution < 1.29 is 27.4 Å². The quantitative estimate of drug-likeness (QED) is 0.564. The van der Waals surface area contributed by atoms with Crippen LogP contribution in [0.2, 0.25) is 0 Å². The fourth-order valence-corrected chi connectivity index (χ4v) is 5.56. The highest BCUT2D eigenvalue weighted by Gasteiger charge is 2.92. The van der Waals surface area contributed by atoms with Gasteiger partial charge in [-0.1, -0.05) is 15.9 Å². The molecule has 2 saturated carbocycles. The van der Waals surface area contributed by atoms with Gasteiger partial charge in [-0.2, -0.15) is 0 Å². The lowest BCUT2D eigenvalue weighted by Crippen LogP contribution is -2.26. The minimum atomic E-state index is -2.76. The van der Waals surface area contributed by atoms with E-state index in [-0.39, 0.29) is 33.9 Å². The molecule has 2 aromatic rings. The van der Waals surface area contributed by atoms with Gasteiger partial charge < -0.3 is 9.47 Å². The zero-order valence-electron chi connectivity index (χ0n) is 15.4.